The normalized spacial score (nSPS) is 17.3. The van der Waals surface area contributed by atoms with Gasteiger partial charge in [-0.2, -0.15) is 8.42 Å². The number of piperidine rings is 1. The van der Waals surface area contributed by atoms with Crippen LogP contribution < -0.4 is 15.8 Å². The Morgan fingerprint density at radius 2 is 1.98 bits per heavy atom. The van der Waals surface area contributed by atoms with Gasteiger partial charge in [-0.05, 0) is 89.5 Å². The average Bonchev–Trinajstić information content (AvgIpc) is 3.39. The molecule has 1 aromatic carbocycles. The molecule has 3 N–H and O–H groups in total. The summed E-state index contributed by atoms with van der Waals surface area (Å²) in [5.41, 5.74) is 7.32. The second kappa shape index (κ2) is 12.5. The summed E-state index contributed by atoms with van der Waals surface area (Å²) in [6.45, 7) is 11.3. The van der Waals surface area contributed by atoms with Gasteiger partial charge in [0.1, 0.15) is 11.4 Å². The Morgan fingerprint density at radius 1 is 1.27 bits per heavy atom. The maximum atomic E-state index is 13.3. The molecule has 1 unspecified atom stereocenters. The van der Waals surface area contributed by atoms with Crippen LogP contribution in [0.4, 0.5) is 4.79 Å². The van der Waals surface area contributed by atoms with Gasteiger partial charge in [-0.15, -0.1) is 15.7 Å². The molecular formula is C27H39N5O6S2. The van der Waals surface area contributed by atoms with Crippen LogP contribution in [0.2, 0.25) is 0 Å². The summed E-state index contributed by atoms with van der Waals surface area (Å²) in [5, 5.41) is 4.70. The summed E-state index contributed by atoms with van der Waals surface area (Å²) in [4.78, 5) is 31.7. The highest BCUT2D eigenvalue weighted by atomic mass is 32.2. The third-order valence-corrected chi connectivity index (χ3v) is 9.09. The number of nitrogens with one attached hydrogen (secondary N) is 1. The largest absolute Gasteiger partial charge is 0.496 e. The van der Waals surface area contributed by atoms with Crippen LogP contribution in [0.25, 0.3) is 0 Å². The van der Waals surface area contributed by atoms with Crippen molar-refractivity contribution in [2.75, 3.05) is 20.2 Å². The third-order valence-electron chi connectivity index (χ3n) is 6.73. The Morgan fingerprint density at radius 3 is 2.58 bits per heavy atom. The van der Waals surface area contributed by atoms with Crippen molar-refractivity contribution < 1.29 is 27.5 Å². The number of Topliss-reactive ketones (excluding diaryl/α,β-unsaturated/α-hetero) is 1. The maximum Gasteiger partial charge on any atom is 0.408 e. The molecule has 0 aliphatic carbocycles. The lowest BCUT2D eigenvalue weighted by Crippen LogP contribution is -2.48. The Labute approximate surface area is 240 Å². The van der Waals surface area contributed by atoms with Crippen LogP contribution in [-0.2, 0) is 14.8 Å². The molecule has 2 heterocycles. The number of guanidine groups is 1. The second-order valence-electron chi connectivity index (χ2n) is 11.0. The molecule has 0 bridgehead atoms. The number of methoxy groups -OCH3 is 1. The van der Waals surface area contributed by atoms with Gasteiger partial charge in [0.25, 0.3) is 10.0 Å². The van der Waals surface area contributed by atoms with Crippen molar-refractivity contribution >= 4 is 39.2 Å². The average molecular weight is 594 g/mol. The van der Waals surface area contributed by atoms with E-state index in [2.05, 4.69) is 14.7 Å². The molecular weight excluding hydrogens is 554 g/mol. The van der Waals surface area contributed by atoms with Gasteiger partial charge in [0.05, 0.1) is 18.0 Å². The smallest absolute Gasteiger partial charge is 0.408 e. The Kier molecular flexibility index (Phi) is 9.83. The predicted molar refractivity (Wildman–Crippen MR) is 155 cm³/mol. The quantitative estimate of drug-likeness (QED) is 0.263. The van der Waals surface area contributed by atoms with Gasteiger partial charge in [0.15, 0.2) is 5.01 Å². The standard InChI is InChI=1S/C27H39N5O6S2/c1-16-13-21(37-7)17(2)18(3)23(16)40(35,36)31-25(28)32-11-8-9-19(15-32)14-20(22(33)24-29-10-12-39-24)30-26(34)38-27(4,5)6/h10,12-13,19-20H,8-9,11,14-15H2,1-7H3,(H2,28,31)(H,30,34)/t19-,20?/m1/s1. The van der Waals surface area contributed by atoms with Crippen molar-refractivity contribution in [3.05, 3.63) is 39.3 Å². The molecule has 2 aromatic rings. The van der Waals surface area contributed by atoms with E-state index in [9.17, 15) is 18.0 Å². The topological polar surface area (TPSA) is 153 Å². The van der Waals surface area contributed by atoms with Gasteiger partial charge in [0.2, 0.25) is 11.7 Å². The van der Waals surface area contributed by atoms with Gasteiger partial charge >= 0.3 is 6.09 Å². The summed E-state index contributed by atoms with van der Waals surface area (Å²) in [7, 11) is -2.57. The minimum atomic E-state index is -4.10. The number of ether oxygens (including phenoxy) is 2. The number of rotatable bonds is 8. The molecule has 1 aliphatic rings. The molecule has 1 fully saturated rings. The van der Waals surface area contributed by atoms with Gasteiger partial charge in [0, 0.05) is 24.7 Å². The van der Waals surface area contributed by atoms with Crippen molar-refractivity contribution in [2.24, 2.45) is 16.0 Å². The SMILES string of the molecule is COc1cc(C)c(S(=O)(=O)N=C(N)N2CCC[C@H](CC(NC(=O)OC(C)(C)C)C(=O)c3nccs3)C2)c(C)c1C. The number of carbonyl (C=O) groups is 2. The van der Waals surface area contributed by atoms with Gasteiger partial charge in [-0.25, -0.2) is 9.78 Å². The first-order valence-electron chi connectivity index (χ1n) is 13.1. The highest BCUT2D eigenvalue weighted by Crippen LogP contribution is 2.32. The van der Waals surface area contributed by atoms with Crippen molar-refractivity contribution in [3.8, 4) is 5.75 Å². The van der Waals surface area contributed by atoms with Crippen LogP contribution in [0.5, 0.6) is 5.75 Å². The molecule has 40 heavy (non-hydrogen) atoms. The van der Waals surface area contributed by atoms with E-state index < -0.39 is 27.8 Å². The zero-order chi connectivity index (χ0) is 29.8. The molecule has 11 nitrogen and oxygen atoms in total. The monoisotopic (exact) mass is 593 g/mol. The fourth-order valence-electron chi connectivity index (χ4n) is 4.83. The molecule has 2 atom stereocenters. The lowest BCUT2D eigenvalue weighted by Gasteiger charge is -2.35. The first kappa shape index (κ1) is 31.3. The number of alkyl carbamates (subject to hydrolysis) is 1. The van der Waals surface area contributed by atoms with E-state index in [0.717, 1.165) is 6.42 Å². The Hall–Kier alpha value is -3.19. The van der Waals surface area contributed by atoms with Crippen molar-refractivity contribution in [3.63, 3.8) is 0 Å². The second-order valence-corrected chi connectivity index (χ2v) is 13.4. The summed E-state index contributed by atoms with van der Waals surface area (Å²) >= 11 is 1.20. The Bertz CT molecular complexity index is 1370. The number of aromatic nitrogens is 1. The molecule has 0 saturated carbocycles. The van der Waals surface area contributed by atoms with E-state index in [4.69, 9.17) is 15.2 Å². The third kappa shape index (κ3) is 7.72. The molecule has 0 spiro atoms. The summed E-state index contributed by atoms with van der Waals surface area (Å²) in [6, 6.07) is 0.815. The number of sulfonamides is 1. The number of amides is 1. The van der Waals surface area contributed by atoms with E-state index in [0.29, 0.717) is 53.4 Å². The zero-order valence-corrected chi connectivity index (χ0v) is 25.7. The van der Waals surface area contributed by atoms with Crippen LogP contribution >= 0.6 is 11.3 Å². The minimum Gasteiger partial charge on any atom is -0.496 e. The van der Waals surface area contributed by atoms with Gasteiger partial charge < -0.3 is 25.4 Å². The lowest BCUT2D eigenvalue weighted by molar-refractivity contribution is 0.0479. The molecule has 1 saturated heterocycles. The van der Waals surface area contributed by atoms with Crippen LogP contribution in [0.1, 0.15) is 66.5 Å². The van der Waals surface area contributed by atoms with Crippen LogP contribution in [0, 0.1) is 26.7 Å². The number of hydrogen-bond donors (Lipinski definition) is 2. The molecule has 220 valence electrons. The number of nitrogens with two attached hydrogens (primary N) is 1. The van der Waals surface area contributed by atoms with E-state index in [-0.39, 0.29) is 22.6 Å². The summed E-state index contributed by atoms with van der Waals surface area (Å²) in [6.07, 6.45) is 2.64. The first-order chi connectivity index (χ1) is 18.6. The number of benzene rings is 1. The van der Waals surface area contributed by atoms with E-state index in [1.807, 2.05) is 0 Å². The fourth-order valence-corrected chi connectivity index (χ4v) is 6.92. The Balaban J connectivity index is 1.80. The van der Waals surface area contributed by atoms with E-state index >= 15 is 0 Å². The molecule has 1 amide bonds. The molecule has 0 radical (unpaired) electrons. The number of aryl methyl sites for hydroxylation is 1. The predicted octanol–water partition coefficient (Wildman–Crippen LogP) is 3.96. The molecule has 1 aromatic heterocycles. The van der Waals surface area contributed by atoms with Crippen LogP contribution in [-0.4, -0.2) is 68.0 Å². The first-order valence-corrected chi connectivity index (χ1v) is 15.4. The van der Waals surface area contributed by atoms with Crippen LogP contribution in [0.15, 0.2) is 26.9 Å². The molecule has 1 aliphatic heterocycles. The minimum absolute atomic E-state index is 0.0687. The van der Waals surface area contributed by atoms with Crippen molar-refractivity contribution in [2.45, 2.75) is 77.3 Å². The molecule has 3 rings (SSSR count). The lowest BCUT2D eigenvalue weighted by atomic mass is 9.90. The van der Waals surface area contributed by atoms with E-state index in [1.165, 1.54) is 24.6 Å². The van der Waals surface area contributed by atoms with E-state index in [1.54, 1.807) is 57.9 Å². The van der Waals surface area contributed by atoms with Crippen molar-refractivity contribution in [1.29, 1.82) is 0 Å². The number of thiazole rings is 1. The fraction of sp³-hybridized carbons (Fsp3) is 0.556. The van der Waals surface area contributed by atoms with Gasteiger partial charge in [-0.3, -0.25) is 4.79 Å². The van der Waals surface area contributed by atoms with Crippen molar-refractivity contribution in [1.82, 2.24) is 15.2 Å². The van der Waals surface area contributed by atoms with Crippen LogP contribution in [0.3, 0.4) is 0 Å². The number of ketones is 1. The zero-order valence-electron chi connectivity index (χ0n) is 24.1. The number of carbonyl (C=O) groups excluding carboxylic acids is 2. The number of likely N-dealkylation sites (tertiary alicyclic amines) is 1. The maximum absolute atomic E-state index is 13.3. The number of hydrogen-bond acceptors (Lipinski definition) is 8. The number of nitrogens with zero attached hydrogens (tertiary/aromatic N) is 3. The highest BCUT2D eigenvalue weighted by molar-refractivity contribution is 7.90. The summed E-state index contributed by atoms with van der Waals surface area (Å²) < 4.78 is 41.4. The highest BCUT2D eigenvalue weighted by Gasteiger charge is 2.32. The van der Waals surface area contributed by atoms with Gasteiger partial charge in [-0.1, -0.05) is 0 Å². The molecule has 13 heteroatoms. The summed E-state index contributed by atoms with van der Waals surface area (Å²) in [5.74, 6) is 0.121.